The average molecular weight is 72.1 g/mol. The minimum Gasteiger partial charge on any atom is -0.328 e. The molecule has 0 saturated heterocycles. The Morgan fingerprint density at radius 3 is 2.00 bits per heavy atom. The number of hydrogen-bond acceptors (Lipinski definition) is 1. The summed E-state index contributed by atoms with van der Waals surface area (Å²) in [4.78, 5) is 0. The maximum atomic E-state index is 5.24. The Labute approximate surface area is 33.2 Å². The molecule has 1 nitrogen and oxygen atoms in total. The lowest BCUT2D eigenvalue weighted by Gasteiger charge is -1.91. The monoisotopic (exact) mass is 72.1 g/mol. The van der Waals surface area contributed by atoms with Crippen molar-refractivity contribution in [2.24, 2.45) is 5.73 Å². The summed E-state index contributed by atoms with van der Waals surface area (Å²) < 4.78 is 0. The van der Waals surface area contributed by atoms with E-state index in [1.165, 1.54) is 0 Å². The third-order valence-corrected chi connectivity index (χ3v) is 0.526. The van der Waals surface area contributed by atoms with Gasteiger partial charge in [-0.05, 0) is 13.3 Å². The summed E-state index contributed by atoms with van der Waals surface area (Å²) in [5, 5.41) is 0. The highest BCUT2D eigenvalue weighted by Gasteiger charge is 1.80. The molecule has 0 aromatic rings. The second-order valence-electron chi connectivity index (χ2n) is 1.19. The normalized spacial score (nSPS) is 15.0. The van der Waals surface area contributed by atoms with Gasteiger partial charge in [-0.15, -0.1) is 0 Å². The minimum atomic E-state index is 0.259. The van der Waals surface area contributed by atoms with Gasteiger partial charge in [-0.1, -0.05) is 6.92 Å². The maximum absolute atomic E-state index is 5.24. The van der Waals surface area contributed by atoms with Gasteiger partial charge in [0.1, 0.15) is 0 Å². The van der Waals surface area contributed by atoms with Gasteiger partial charge < -0.3 is 5.73 Å². The lowest BCUT2D eigenvalue weighted by Crippen LogP contribution is -2.12. The summed E-state index contributed by atoms with van der Waals surface area (Å²) >= 11 is 0. The Balaban J connectivity index is 2.54. The highest BCUT2D eigenvalue weighted by molar-refractivity contribution is 4.66. The molecule has 0 spiro atoms. The van der Waals surface area contributed by atoms with Crippen LogP contribution in [0.25, 0.3) is 0 Å². The number of rotatable bonds is 1. The first-order valence-electron chi connectivity index (χ1n) is 1.82. The quantitative estimate of drug-likeness (QED) is 0.481. The average Bonchev–Trinajstić information content (AvgIpc) is 1.38. The Kier molecular flexibility index (Phi) is 2.19. The van der Waals surface area contributed by atoms with Gasteiger partial charge >= 0.3 is 0 Å². The van der Waals surface area contributed by atoms with Gasteiger partial charge in [0.05, 0.1) is 0 Å². The molecule has 1 atom stereocenters. The van der Waals surface area contributed by atoms with Crippen LogP contribution in [0.3, 0.4) is 0 Å². The van der Waals surface area contributed by atoms with Crippen molar-refractivity contribution in [2.75, 3.05) is 0 Å². The fraction of sp³-hybridized carbons (Fsp3) is 0.750. The molecule has 0 aromatic heterocycles. The molecule has 1 radical (unpaired) electrons. The molecule has 0 aromatic carbocycles. The molecule has 0 saturated carbocycles. The lowest BCUT2D eigenvalue weighted by molar-refractivity contribution is 0.855. The van der Waals surface area contributed by atoms with Crippen LogP contribution in [0.1, 0.15) is 13.8 Å². The van der Waals surface area contributed by atoms with E-state index < -0.39 is 0 Å². The molecule has 0 bridgehead atoms. The zero-order valence-electron chi connectivity index (χ0n) is 3.73. The van der Waals surface area contributed by atoms with E-state index >= 15 is 0 Å². The molecule has 0 aliphatic rings. The first-order valence-corrected chi connectivity index (χ1v) is 1.82. The maximum Gasteiger partial charge on any atom is 0.00392 e. The lowest BCUT2D eigenvalue weighted by atomic mass is 10.3. The fourth-order valence-corrected chi connectivity index (χ4v) is 0. The highest BCUT2D eigenvalue weighted by atomic mass is 14.6. The van der Waals surface area contributed by atoms with Crippen LogP contribution in [-0.4, -0.2) is 6.04 Å². The van der Waals surface area contributed by atoms with Gasteiger partial charge in [-0.2, -0.15) is 0 Å². The molecule has 0 aliphatic heterocycles. The molecule has 0 heterocycles. The van der Waals surface area contributed by atoms with E-state index in [1.54, 1.807) is 0 Å². The third-order valence-electron chi connectivity index (χ3n) is 0.526. The SMILES string of the molecule is C[CH][C@@H](C)N. The molecule has 31 valence electrons. The summed E-state index contributed by atoms with van der Waals surface area (Å²) in [5.74, 6) is 0. The molecule has 0 fully saturated rings. The van der Waals surface area contributed by atoms with Crippen LogP contribution >= 0.6 is 0 Å². The second kappa shape index (κ2) is 2.21. The molecule has 5 heavy (non-hydrogen) atoms. The van der Waals surface area contributed by atoms with Crippen LogP contribution < -0.4 is 5.73 Å². The zero-order valence-corrected chi connectivity index (χ0v) is 3.73. The Hall–Kier alpha value is -0.0400. The van der Waals surface area contributed by atoms with Crippen molar-refractivity contribution in [3.8, 4) is 0 Å². The molecule has 0 amide bonds. The summed E-state index contributed by atoms with van der Waals surface area (Å²) in [5.41, 5.74) is 5.24. The van der Waals surface area contributed by atoms with Gasteiger partial charge in [0, 0.05) is 6.04 Å². The second-order valence-corrected chi connectivity index (χ2v) is 1.19. The van der Waals surface area contributed by atoms with Gasteiger partial charge in [0.2, 0.25) is 0 Å². The minimum absolute atomic E-state index is 0.259. The van der Waals surface area contributed by atoms with Gasteiger partial charge in [0.15, 0.2) is 0 Å². The van der Waals surface area contributed by atoms with Crippen LogP contribution in [0, 0.1) is 6.42 Å². The van der Waals surface area contributed by atoms with E-state index in [1.807, 2.05) is 20.3 Å². The summed E-state index contributed by atoms with van der Waals surface area (Å²) in [6, 6.07) is 0.259. The fourth-order valence-electron chi connectivity index (χ4n) is 0. The van der Waals surface area contributed by atoms with Crippen LogP contribution in [0.5, 0.6) is 0 Å². The number of hydrogen-bond donors (Lipinski definition) is 1. The van der Waals surface area contributed by atoms with Crippen molar-refractivity contribution >= 4 is 0 Å². The highest BCUT2D eigenvalue weighted by Crippen LogP contribution is 1.75. The third kappa shape index (κ3) is 3.96. The van der Waals surface area contributed by atoms with Crippen molar-refractivity contribution in [2.45, 2.75) is 19.9 Å². The van der Waals surface area contributed by atoms with Crippen LogP contribution in [0.4, 0.5) is 0 Å². The molecule has 2 N–H and O–H groups in total. The van der Waals surface area contributed by atoms with Crippen molar-refractivity contribution in [1.29, 1.82) is 0 Å². The molecule has 1 heteroatoms. The van der Waals surface area contributed by atoms with E-state index in [0.717, 1.165) is 0 Å². The zero-order chi connectivity index (χ0) is 4.28. The van der Waals surface area contributed by atoms with Crippen LogP contribution in [0.15, 0.2) is 0 Å². The van der Waals surface area contributed by atoms with Crippen molar-refractivity contribution < 1.29 is 0 Å². The molecular formula is C4H10N. The largest absolute Gasteiger partial charge is 0.328 e. The topological polar surface area (TPSA) is 26.0 Å². The Bertz CT molecular complexity index is 17.6. The number of nitrogens with two attached hydrogens (primary N) is 1. The Morgan fingerprint density at radius 2 is 2.00 bits per heavy atom. The molecule has 0 rings (SSSR count). The van der Waals surface area contributed by atoms with E-state index in [-0.39, 0.29) is 6.04 Å². The van der Waals surface area contributed by atoms with E-state index in [2.05, 4.69) is 0 Å². The summed E-state index contributed by atoms with van der Waals surface area (Å²) in [7, 11) is 0. The van der Waals surface area contributed by atoms with Crippen LogP contribution in [0.2, 0.25) is 0 Å². The van der Waals surface area contributed by atoms with Gasteiger partial charge in [0.25, 0.3) is 0 Å². The first-order chi connectivity index (χ1) is 2.27. The van der Waals surface area contributed by atoms with Gasteiger partial charge in [-0.3, -0.25) is 0 Å². The van der Waals surface area contributed by atoms with E-state index in [4.69, 9.17) is 5.73 Å². The van der Waals surface area contributed by atoms with Gasteiger partial charge in [-0.25, -0.2) is 0 Å². The van der Waals surface area contributed by atoms with Crippen LogP contribution in [-0.2, 0) is 0 Å². The first kappa shape index (κ1) is 4.96. The Morgan fingerprint density at radius 1 is 1.80 bits per heavy atom. The predicted molar refractivity (Wildman–Crippen MR) is 23.6 cm³/mol. The van der Waals surface area contributed by atoms with Crippen molar-refractivity contribution in [3.05, 3.63) is 6.42 Å². The predicted octanol–water partition coefficient (Wildman–Crippen LogP) is 0.558. The van der Waals surface area contributed by atoms with E-state index in [0.29, 0.717) is 0 Å². The standard InChI is InChI=1S/C4H10N/c1-3-4(2)5/h3-4H,5H2,1-2H3/t4-/m1/s1. The molecule has 0 aliphatic carbocycles. The van der Waals surface area contributed by atoms with E-state index in [9.17, 15) is 0 Å². The molecule has 0 unspecified atom stereocenters. The smallest absolute Gasteiger partial charge is 0.00392 e. The van der Waals surface area contributed by atoms with Crippen molar-refractivity contribution in [3.63, 3.8) is 0 Å². The summed E-state index contributed by atoms with van der Waals surface area (Å²) in [6.45, 7) is 3.89. The van der Waals surface area contributed by atoms with Crippen molar-refractivity contribution in [1.82, 2.24) is 0 Å². The summed E-state index contributed by atoms with van der Waals surface area (Å²) in [6.07, 6.45) is 1.94. The molecular weight excluding hydrogens is 62.1 g/mol.